The molecule has 5 nitrogen and oxygen atoms in total. The molecule has 4 rings (SSSR count). The second-order valence-electron chi connectivity index (χ2n) is 6.44. The van der Waals surface area contributed by atoms with E-state index in [9.17, 15) is 4.79 Å². The number of carbonyl (C=O) groups excluding carboxylic acids is 1. The molecule has 0 aliphatic carbocycles. The molecule has 0 aliphatic rings. The Kier molecular flexibility index (Phi) is 5.67. The highest BCUT2D eigenvalue weighted by molar-refractivity contribution is 5.92. The molecule has 0 unspecified atom stereocenters. The van der Waals surface area contributed by atoms with Crippen LogP contribution in [0.15, 0.2) is 95.5 Å². The van der Waals surface area contributed by atoms with Gasteiger partial charge in [-0.3, -0.25) is 4.79 Å². The van der Waals surface area contributed by atoms with E-state index in [0.717, 1.165) is 5.56 Å². The first-order chi connectivity index (χ1) is 14.3. The van der Waals surface area contributed by atoms with E-state index in [2.05, 4.69) is 10.3 Å². The first kappa shape index (κ1) is 18.5. The van der Waals surface area contributed by atoms with Crippen LogP contribution >= 0.6 is 0 Å². The minimum absolute atomic E-state index is 0.131. The van der Waals surface area contributed by atoms with Crippen molar-refractivity contribution in [3.8, 4) is 22.8 Å². The number of anilines is 1. The van der Waals surface area contributed by atoms with Crippen molar-refractivity contribution in [1.29, 1.82) is 0 Å². The van der Waals surface area contributed by atoms with E-state index in [-0.39, 0.29) is 12.3 Å². The van der Waals surface area contributed by atoms with Crippen molar-refractivity contribution in [2.75, 3.05) is 5.32 Å². The van der Waals surface area contributed by atoms with Crippen LogP contribution in [-0.4, -0.2) is 10.9 Å². The Labute approximate surface area is 169 Å². The first-order valence-electron chi connectivity index (χ1n) is 9.40. The maximum Gasteiger partial charge on any atom is 0.224 e. The molecular formula is C24H20N2O3. The molecule has 1 heterocycles. The molecule has 0 saturated carbocycles. The minimum atomic E-state index is -0.131. The molecule has 0 aliphatic heterocycles. The van der Waals surface area contributed by atoms with Crippen LogP contribution in [0.2, 0.25) is 0 Å². The van der Waals surface area contributed by atoms with Crippen LogP contribution in [0.5, 0.6) is 11.5 Å². The lowest BCUT2D eigenvalue weighted by Crippen LogP contribution is -2.13. The van der Waals surface area contributed by atoms with Gasteiger partial charge >= 0.3 is 0 Å². The van der Waals surface area contributed by atoms with Crippen LogP contribution in [-0.2, 0) is 11.2 Å². The molecule has 4 aromatic rings. The quantitative estimate of drug-likeness (QED) is 0.443. The summed E-state index contributed by atoms with van der Waals surface area (Å²) in [4.78, 5) is 16.7. The minimum Gasteiger partial charge on any atom is -0.455 e. The summed E-state index contributed by atoms with van der Waals surface area (Å²) in [7, 11) is 0. The second kappa shape index (κ2) is 8.89. The number of amides is 1. The number of hydrogen-bond donors (Lipinski definition) is 1. The summed E-state index contributed by atoms with van der Waals surface area (Å²) in [5.74, 6) is 2.40. The van der Waals surface area contributed by atoms with Crippen molar-refractivity contribution in [2.24, 2.45) is 0 Å². The van der Waals surface area contributed by atoms with Crippen molar-refractivity contribution in [2.45, 2.75) is 12.8 Å². The van der Waals surface area contributed by atoms with Gasteiger partial charge in [-0.15, -0.1) is 0 Å². The number of carbonyl (C=O) groups is 1. The molecule has 5 heteroatoms. The van der Waals surface area contributed by atoms with E-state index in [1.807, 2.05) is 84.9 Å². The lowest BCUT2D eigenvalue weighted by Gasteiger charge is -2.12. The molecule has 0 spiro atoms. The molecule has 0 atom stereocenters. The number of para-hydroxylation sites is 3. The number of aromatic nitrogens is 1. The van der Waals surface area contributed by atoms with Gasteiger partial charge in [0.15, 0.2) is 17.4 Å². The maximum absolute atomic E-state index is 12.4. The molecule has 0 saturated heterocycles. The van der Waals surface area contributed by atoms with Gasteiger partial charge in [0.1, 0.15) is 5.75 Å². The normalized spacial score (nSPS) is 10.5. The number of oxazole rings is 1. The summed E-state index contributed by atoms with van der Waals surface area (Å²) in [6.07, 6.45) is 2.36. The summed E-state index contributed by atoms with van der Waals surface area (Å²) in [5, 5.41) is 2.91. The molecule has 29 heavy (non-hydrogen) atoms. The number of hydrogen-bond acceptors (Lipinski definition) is 4. The van der Waals surface area contributed by atoms with Gasteiger partial charge in [-0.1, -0.05) is 60.7 Å². The number of rotatable bonds is 7. The Morgan fingerprint density at radius 1 is 0.897 bits per heavy atom. The van der Waals surface area contributed by atoms with Gasteiger partial charge in [-0.2, -0.15) is 0 Å². The van der Waals surface area contributed by atoms with Crippen molar-refractivity contribution in [3.05, 3.63) is 97.0 Å². The number of ether oxygens (including phenoxy) is 1. The van der Waals surface area contributed by atoms with E-state index in [0.29, 0.717) is 35.3 Å². The number of nitrogens with one attached hydrogen (secondary N) is 1. The largest absolute Gasteiger partial charge is 0.455 e. The molecule has 144 valence electrons. The smallest absolute Gasteiger partial charge is 0.224 e. The zero-order valence-corrected chi connectivity index (χ0v) is 15.7. The van der Waals surface area contributed by atoms with Gasteiger partial charge in [-0.05, 0) is 24.3 Å². The van der Waals surface area contributed by atoms with Crippen LogP contribution in [0.4, 0.5) is 5.69 Å². The lowest BCUT2D eigenvalue weighted by atomic mass is 10.2. The van der Waals surface area contributed by atoms with Crippen molar-refractivity contribution in [1.82, 2.24) is 4.98 Å². The predicted molar refractivity (Wildman–Crippen MR) is 112 cm³/mol. The van der Waals surface area contributed by atoms with Crippen LogP contribution in [0.25, 0.3) is 11.3 Å². The molecule has 1 amide bonds. The second-order valence-corrected chi connectivity index (χ2v) is 6.44. The SMILES string of the molecule is O=C(CCc1ncc(-c2ccccc2)o1)Nc1ccccc1Oc1ccccc1. The van der Waals surface area contributed by atoms with E-state index in [1.54, 1.807) is 6.20 Å². The monoisotopic (exact) mass is 384 g/mol. The third-order valence-corrected chi connectivity index (χ3v) is 4.31. The van der Waals surface area contributed by atoms with Crippen LogP contribution < -0.4 is 10.1 Å². The molecular weight excluding hydrogens is 364 g/mol. The van der Waals surface area contributed by atoms with E-state index in [1.165, 1.54) is 0 Å². The van der Waals surface area contributed by atoms with Crippen molar-refractivity contribution < 1.29 is 13.9 Å². The highest BCUT2D eigenvalue weighted by Gasteiger charge is 2.11. The molecule has 1 N–H and O–H groups in total. The highest BCUT2D eigenvalue weighted by atomic mass is 16.5. The molecule has 0 fully saturated rings. The van der Waals surface area contributed by atoms with Crippen LogP contribution in [0.1, 0.15) is 12.3 Å². The van der Waals surface area contributed by atoms with Gasteiger partial charge in [0, 0.05) is 18.4 Å². The first-order valence-corrected chi connectivity index (χ1v) is 9.40. The summed E-state index contributed by atoms with van der Waals surface area (Å²) in [6.45, 7) is 0. The molecule has 3 aromatic carbocycles. The standard InChI is InChI=1S/C24H20N2O3/c27-23(15-16-24-25-17-22(29-24)18-9-3-1-4-10-18)26-20-13-7-8-14-21(20)28-19-11-5-2-6-12-19/h1-14,17H,15-16H2,(H,26,27). The van der Waals surface area contributed by atoms with Crippen molar-refractivity contribution in [3.63, 3.8) is 0 Å². The Balaban J connectivity index is 1.36. The van der Waals surface area contributed by atoms with Crippen LogP contribution in [0.3, 0.4) is 0 Å². The third-order valence-electron chi connectivity index (χ3n) is 4.31. The molecule has 0 radical (unpaired) electrons. The van der Waals surface area contributed by atoms with E-state index >= 15 is 0 Å². The fraction of sp³-hybridized carbons (Fsp3) is 0.0833. The van der Waals surface area contributed by atoms with Gasteiger partial charge in [0.05, 0.1) is 11.9 Å². The lowest BCUT2D eigenvalue weighted by molar-refractivity contribution is -0.116. The Morgan fingerprint density at radius 3 is 2.38 bits per heavy atom. The summed E-state index contributed by atoms with van der Waals surface area (Å²) < 4.78 is 11.6. The number of aryl methyl sites for hydroxylation is 1. The molecule has 1 aromatic heterocycles. The van der Waals surface area contributed by atoms with Gasteiger partial charge in [0.2, 0.25) is 5.91 Å². The molecule has 0 bridgehead atoms. The topological polar surface area (TPSA) is 64.4 Å². The number of nitrogens with zero attached hydrogens (tertiary/aromatic N) is 1. The van der Waals surface area contributed by atoms with E-state index < -0.39 is 0 Å². The predicted octanol–water partition coefficient (Wildman–Crippen LogP) is 5.71. The fourth-order valence-electron chi connectivity index (χ4n) is 2.87. The average Bonchev–Trinajstić information content (AvgIpc) is 3.24. The average molecular weight is 384 g/mol. The van der Waals surface area contributed by atoms with Gasteiger partial charge in [0.25, 0.3) is 0 Å². The van der Waals surface area contributed by atoms with Crippen LogP contribution in [0, 0.1) is 0 Å². The van der Waals surface area contributed by atoms with Gasteiger partial charge in [-0.25, -0.2) is 4.98 Å². The fourth-order valence-corrected chi connectivity index (χ4v) is 2.87. The maximum atomic E-state index is 12.4. The number of benzene rings is 3. The van der Waals surface area contributed by atoms with E-state index in [4.69, 9.17) is 9.15 Å². The Bertz CT molecular complexity index is 1080. The summed E-state index contributed by atoms with van der Waals surface area (Å²) in [6, 6.07) is 26.6. The zero-order chi connectivity index (χ0) is 19.9. The van der Waals surface area contributed by atoms with Gasteiger partial charge < -0.3 is 14.5 Å². The zero-order valence-electron chi connectivity index (χ0n) is 15.7. The summed E-state index contributed by atoms with van der Waals surface area (Å²) >= 11 is 0. The van der Waals surface area contributed by atoms with Crippen molar-refractivity contribution >= 4 is 11.6 Å². The highest BCUT2D eigenvalue weighted by Crippen LogP contribution is 2.29. The summed E-state index contributed by atoms with van der Waals surface area (Å²) in [5.41, 5.74) is 1.58. The third kappa shape index (κ3) is 4.90. The Morgan fingerprint density at radius 2 is 1.59 bits per heavy atom. The Hall–Kier alpha value is -3.86.